The molecule has 0 bridgehead atoms. The first-order valence-corrected chi connectivity index (χ1v) is 6.33. The van der Waals surface area contributed by atoms with E-state index in [-0.39, 0.29) is 5.91 Å². The van der Waals surface area contributed by atoms with Crippen LogP contribution in [0.4, 0.5) is 0 Å². The number of thiophene rings is 1. The van der Waals surface area contributed by atoms with Gasteiger partial charge in [0.05, 0.1) is 4.88 Å². The van der Waals surface area contributed by atoms with E-state index in [9.17, 15) is 4.79 Å². The van der Waals surface area contributed by atoms with E-state index in [0.717, 1.165) is 17.7 Å². The van der Waals surface area contributed by atoms with Gasteiger partial charge in [-0.1, -0.05) is 0 Å². The lowest BCUT2D eigenvalue weighted by Gasteiger charge is -2.07. The number of carbonyl (C=O) groups excluding carboxylic acids is 1. The fourth-order valence-corrected chi connectivity index (χ4v) is 2.88. The van der Waals surface area contributed by atoms with Gasteiger partial charge in [0, 0.05) is 11.9 Å². The van der Waals surface area contributed by atoms with Crippen molar-refractivity contribution in [1.82, 2.24) is 16.2 Å². The SMILES string of the molecule is CNC(=S)NNC(=O)c1cc2c(s1)CCC2. The zero-order chi connectivity index (χ0) is 11.5. The van der Waals surface area contributed by atoms with Gasteiger partial charge in [0.2, 0.25) is 0 Å². The number of nitrogens with one attached hydrogen (secondary N) is 3. The molecule has 0 unspecified atom stereocenters. The Morgan fingerprint density at radius 3 is 2.94 bits per heavy atom. The van der Waals surface area contributed by atoms with Crippen molar-refractivity contribution in [3.05, 3.63) is 21.4 Å². The third-order valence-corrected chi connectivity index (χ3v) is 4.03. The van der Waals surface area contributed by atoms with E-state index in [1.807, 2.05) is 6.07 Å². The average molecular weight is 255 g/mol. The number of hydrazine groups is 1. The van der Waals surface area contributed by atoms with E-state index >= 15 is 0 Å². The average Bonchev–Trinajstić information content (AvgIpc) is 2.85. The van der Waals surface area contributed by atoms with E-state index in [1.54, 1.807) is 18.4 Å². The minimum absolute atomic E-state index is 0.128. The van der Waals surface area contributed by atoms with Gasteiger partial charge in [-0.2, -0.15) is 0 Å². The first-order chi connectivity index (χ1) is 7.70. The van der Waals surface area contributed by atoms with Crippen LogP contribution in [0.3, 0.4) is 0 Å². The lowest BCUT2D eigenvalue weighted by atomic mass is 10.2. The molecule has 1 aliphatic rings. The highest BCUT2D eigenvalue weighted by molar-refractivity contribution is 7.80. The molecule has 16 heavy (non-hydrogen) atoms. The van der Waals surface area contributed by atoms with Crippen LogP contribution in [0.15, 0.2) is 6.07 Å². The van der Waals surface area contributed by atoms with Gasteiger partial charge in [-0.25, -0.2) is 0 Å². The summed E-state index contributed by atoms with van der Waals surface area (Å²) in [5.74, 6) is -0.128. The lowest BCUT2D eigenvalue weighted by Crippen LogP contribution is -2.45. The topological polar surface area (TPSA) is 53.2 Å². The molecular formula is C10H13N3OS2. The standard InChI is InChI=1S/C10H13N3OS2/c1-11-10(15)13-12-9(14)8-5-6-3-2-4-7(6)16-8/h5H,2-4H2,1H3,(H,12,14)(H2,11,13,15). The molecule has 6 heteroatoms. The lowest BCUT2D eigenvalue weighted by molar-refractivity contribution is 0.0948. The van der Waals surface area contributed by atoms with Crippen LogP contribution >= 0.6 is 23.6 Å². The van der Waals surface area contributed by atoms with E-state index in [4.69, 9.17) is 12.2 Å². The van der Waals surface area contributed by atoms with Crippen LogP contribution in [0.25, 0.3) is 0 Å². The summed E-state index contributed by atoms with van der Waals surface area (Å²) in [4.78, 5) is 13.8. The van der Waals surface area contributed by atoms with Gasteiger partial charge >= 0.3 is 0 Å². The fraction of sp³-hybridized carbons (Fsp3) is 0.400. The van der Waals surface area contributed by atoms with Gasteiger partial charge in [0.1, 0.15) is 0 Å². The molecule has 0 saturated heterocycles. The summed E-state index contributed by atoms with van der Waals surface area (Å²) >= 11 is 6.43. The number of hydrogen-bond donors (Lipinski definition) is 3. The summed E-state index contributed by atoms with van der Waals surface area (Å²) in [7, 11) is 1.70. The van der Waals surface area contributed by atoms with Crippen LogP contribution in [0.1, 0.15) is 26.5 Å². The predicted octanol–water partition coefficient (Wildman–Crippen LogP) is 0.975. The smallest absolute Gasteiger partial charge is 0.279 e. The van der Waals surface area contributed by atoms with Crippen molar-refractivity contribution in [3.63, 3.8) is 0 Å². The summed E-state index contributed by atoms with van der Waals surface area (Å²) in [6.45, 7) is 0. The van der Waals surface area contributed by atoms with Crippen LogP contribution in [-0.2, 0) is 12.8 Å². The maximum absolute atomic E-state index is 11.7. The second-order valence-corrected chi connectivity index (χ2v) is 5.12. The van der Waals surface area contributed by atoms with Crippen molar-refractivity contribution in [2.45, 2.75) is 19.3 Å². The first-order valence-electron chi connectivity index (χ1n) is 5.10. The number of fused-ring (bicyclic) bond motifs is 1. The highest BCUT2D eigenvalue weighted by atomic mass is 32.1. The monoisotopic (exact) mass is 255 g/mol. The molecule has 0 saturated carbocycles. The van der Waals surface area contributed by atoms with E-state index in [0.29, 0.717) is 5.11 Å². The minimum atomic E-state index is -0.128. The van der Waals surface area contributed by atoms with Crippen LogP contribution in [-0.4, -0.2) is 18.1 Å². The molecule has 3 N–H and O–H groups in total. The molecule has 2 rings (SSSR count). The van der Waals surface area contributed by atoms with Gasteiger partial charge in [-0.15, -0.1) is 11.3 Å². The molecule has 1 aliphatic carbocycles. The number of aryl methyl sites for hydroxylation is 2. The van der Waals surface area contributed by atoms with E-state index in [2.05, 4.69) is 16.2 Å². The zero-order valence-corrected chi connectivity index (χ0v) is 10.6. The molecule has 0 aliphatic heterocycles. The first kappa shape index (κ1) is 11.3. The second kappa shape index (κ2) is 4.80. The fourth-order valence-electron chi connectivity index (χ4n) is 1.68. The molecule has 0 aromatic carbocycles. The largest absolute Gasteiger partial charge is 0.364 e. The Bertz CT molecular complexity index is 406. The summed E-state index contributed by atoms with van der Waals surface area (Å²) in [6, 6.07) is 1.98. The molecule has 0 atom stereocenters. The normalized spacial score (nSPS) is 13.1. The van der Waals surface area contributed by atoms with Crippen LogP contribution in [0, 0.1) is 0 Å². The molecule has 1 amide bonds. The molecule has 1 heterocycles. The number of amides is 1. The molecule has 0 fully saturated rings. The number of thiocarbonyl (C=S) groups is 1. The van der Waals surface area contributed by atoms with Crippen LogP contribution in [0.2, 0.25) is 0 Å². The van der Waals surface area contributed by atoms with Crippen molar-refractivity contribution in [2.24, 2.45) is 0 Å². The van der Waals surface area contributed by atoms with Gasteiger partial charge in [0.25, 0.3) is 5.91 Å². The minimum Gasteiger partial charge on any atom is -0.364 e. The quantitative estimate of drug-likeness (QED) is 0.517. The van der Waals surface area contributed by atoms with Crippen molar-refractivity contribution in [2.75, 3.05) is 7.05 Å². The van der Waals surface area contributed by atoms with Crippen molar-refractivity contribution in [1.29, 1.82) is 0 Å². The zero-order valence-electron chi connectivity index (χ0n) is 8.92. The Morgan fingerprint density at radius 1 is 1.44 bits per heavy atom. The summed E-state index contributed by atoms with van der Waals surface area (Å²) in [6.07, 6.45) is 3.42. The number of carbonyl (C=O) groups is 1. The van der Waals surface area contributed by atoms with Crippen LogP contribution in [0.5, 0.6) is 0 Å². The van der Waals surface area contributed by atoms with Gasteiger partial charge in [-0.05, 0) is 43.1 Å². The van der Waals surface area contributed by atoms with Gasteiger partial charge in [-0.3, -0.25) is 15.6 Å². The molecule has 1 aromatic rings. The Balaban J connectivity index is 1.96. The van der Waals surface area contributed by atoms with E-state index in [1.165, 1.54) is 16.9 Å². The summed E-state index contributed by atoms with van der Waals surface area (Å²) in [5, 5.41) is 3.12. The number of rotatable bonds is 1. The molecule has 0 radical (unpaired) electrons. The van der Waals surface area contributed by atoms with Crippen molar-refractivity contribution >= 4 is 34.6 Å². The molecule has 1 aromatic heterocycles. The van der Waals surface area contributed by atoms with Gasteiger partial charge < -0.3 is 5.32 Å². The Hall–Kier alpha value is -1.14. The summed E-state index contributed by atoms with van der Waals surface area (Å²) in [5.41, 5.74) is 6.50. The van der Waals surface area contributed by atoms with Gasteiger partial charge in [0.15, 0.2) is 5.11 Å². The van der Waals surface area contributed by atoms with Crippen molar-refractivity contribution in [3.8, 4) is 0 Å². The Morgan fingerprint density at radius 2 is 2.25 bits per heavy atom. The Kier molecular flexibility index (Phi) is 3.40. The molecular weight excluding hydrogens is 242 g/mol. The highest BCUT2D eigenvalue weighted by Gasteiger charge is 2.18. The van der Waals surface area contributed by atoms with E-state index < -0.39 is 0 Å². The highest BCUT2D eigenvalue weighted by Crippen LogP contribution is 2.30. The molecule has 86 valence electrons. The third kappa shape index (κ3) is 2.33. The molecule has 0 spiro atoms. The maximum Gasteiger partial charge on any atom is 0.279 e. The second-order valence-electron chi connectivity index (χ2n) is 3.57. The predicted molar refractivity (Wildman–Crippen MR) is 68.6 cm³/mol. The van der Waals surface area contributed by atoms with Crippen molar-refractivity contribution < 1.29 is 4.79 Å². The third-order valence-electron chi connectivity index (χ3n) is 2.49. The Labute approximate surface area is 103 Å². The maximum atomic E-state index is 11.7. The summed E-state index contributed by atoms with van der Waals surface area (Å²) < 4.78 is 0. The molecule has 4 nitrogen and oxygen atoms in total. The van der Waals surface area contributed by atoms with Crippen LogP contribution < -0.4 is 16.2 Å². The number of hydrogen-bond acceptors (Lipinski definition) is 3.